The van der Waals surface area contributed by atoms with Crippen LogP contribution < -0.4 is 10.4 Å². The maximum atomic E-state index is 2.56. The summed E-state index contributed by atoms with van der Waals surface area (Å²) in [5.74, 6) is 0.378. The van der Waals surface area contributed by atoms with Crippen molar-refractivity contribution in [2.24, 2.45) is 5.92 Å². The van der Waals surface area contributed by atoms with Crippen molar-refractivity contribution in [3.63, 3.8) is 0 Å². The highest BCUT2D eigenvalue weighted by molar-refractivity contribution is 6.12. The highest BCUT2D eigenvalue weighted by Gasteiger charge is 2.23. The molecule has 9 aromatic rings. The minimum atomic E-state index is 0.243. The van der Waals surface area contributed by atoms with Crippen molar-refractivity contribution in [3.05, 3.63) is 174 Å². The van der Waals surface area contributed by atoms with Gasteiger partial charge in [-0.15, -0.1) is 0 Å². The normalized spacial score (nSPS) is 15.8. The van der Waals surface area contributed by atoms with Crippen LogP contribution in [0.4, 0.5) is 0 Å². The van der Waals surface area contributed by atoms with Crippen molar-refractivity contribution >= 4 is 55.8 Å². The lowest BCUT2D eigenvalue weighted by Gasteiger charge is -2.25. The molecular formula is C47H34N2. The SMILES string of the molecule is CC1C=c2ccccc2=CC1n1c2ccccc2c2cc(-c3ccc4c(c3)c3ccccc3n4-c3ccc(-c4ccccc4)cc3)ccc21. The van der Waals surface area contributed by atoms with Crippen molar-refractivity contribution in [3.8, 4) is 27.9 Å². The van der Waals surface area contributed by atoms with Crippen LogP contribution in [-0.2, 0) is 0 Å². The van der Waals surface area contributed by atoms with E-state index >= 15 is 0 Å². The summed E-state index contributed by atoms with van der Waals surface area (Å²) in [6.07, 6.45) is 4.89. The average molecular weight is 627 g/mol. The fourth-order valence-corrected chi connectivity index (χ4v) is 8.21. The van der Waals surface area contributed by atoms with Crippen LogP contribution in [0, 0.1) is 5.92 Å². The minimum absolute atomic E-state index is 0.243. The number of hydrogen-bond acceptors (Lipinski definition) is 0. The van der Waals surface area contributed by atoms with Crippen molar-refractivity contribution in [2.75, 3.05) is 0 Å². The van der Waals surface area contributed by atoms with E-state index in [9.17, 15) is 0 Å². The number of rotatable bonds is 4. The summed E-state index contributed by atoms with van der Waals surface area (Å²) in [4.78, 5) is 0. The number of fused-ring (bicyclic) bond motifs is 7. The highest BCUT2D eigenvalue weighted by atomic mass is 15.0. The molecule has 2 atom stereocenters. The Bertz CT molecular complexity index is 2830. The van der Waals surface area contributed by atoms with Gasteiger partial charge in [0.1, 0.15) is 0 Å². The van der Waals surface area contributed by atoms with Gasteiger partial charge >= 0.3 is 0 Å². The topological polar surface area (TPSA) is 9.86 Å². The van der Waals surface area contributed by atoms with Crippen LogP contribution >= 0.6 is 0 Å². The largest absolute Gasteiger partial charge is 0.333 e. The van der Waals surface area contributed by atoms with Gasteiger partial charge in [0.25, 0.3) is 0 Å². The molecular weight excluding hydrogens is 593 g/mol. The Labute approximate surface area is 285 Å². The lowest BCUT2D eigenvalue weighted by atomic mass is 9.93. The molecule has 0 spiro atoms. The smallest absolute Gasteiger partial charge is 0.0592 e. The molecule has 232 valence electrons. The van der Waals surface area contributed by atoms with Crippen LogP contribution in [0.3, 0.4) is 0 Å². The second kappa shape index (κ2) is 11.0. The van der Waals surface area contributed by atoms with Crippen molar-refractivity contribution in [1.29, 1.82) is 0 Å². The van der Waals surface area contributed by atoms with E-state index in [1.54, 1.807) is 0 Å². The van der Waals surface area contributed by atoms with E-state index in [0.717, 1.165) is 0 Å². The standard InChI is InChI=1S/C47H34N2/c1-31-27-34-13-5-6-14-35(34)30-47(31)49-44-18-10-8-16-40(44)42-29-37(22-26-46(42)49)36-21-25-45-41(28-36)39-15-7-9-17-43(39)48(45)38-23-19-33(20-24-38)32-11-3-2-4-12-32/h2-31,47H,1H3. The van der Waals surface area contributed by atoms with Crippen LogP contribution in [0.25, 0.3) is 83.7 Å². The Morgan fingerprint density at radius 3 is 1.61 bits per heavy atom. The predicted molar refractivity (Wildman–Crippen MR) is 207 cm³/mol. The van der Waals surface area contributed by atoms with Gasteiger partial charge in [0, 0.05) is 38.3 Å². The molecule has 0 amide bonds. The second-order valence-electron chi connectivity index (χ2n) is 13.4. The molecule has 0 bridgehead atoms. The van der Waals surface area contributed by atoms with Gasteiger partial charge in [0.05, 0.1) is 17.1 Å². The van der Waals surface area contributed by atoms with Gasteiger partial charge < -0.3 is 9.13 Å². The summed E-state index contributed by atoms with van der Waals surface area (Å²) in [7, 11) is 0. The Balaban J connectivity index is 1.11. The molecule has 10 rings (SSSR count). The molecule has 0 saturated carbocycles. The second-order valence-corrected chi connectivity index (χ2v) is 13.4. The molecule has 2 heteroatoms. The molecule has 2 heterocycles. The van der Waals surface area contributed by atoms with E-state index in [2.05, 4.69) is 192 Å². The zero-order valence-corrected chi connectivity index (χ0v) is 27.3. The number of benzene rings is 7. The zero-order chi connectivity index (χ0) is 32.5. The highest BCUT2D eigenvalue weighted by Crippen LogP contribution is 2.40. The Morgan fingerprint density at radius 1 is 0.388 bits per heavy atom. The molecule has 0 fully saturated rings. The van der Waals surface area contributed by atoms with Gasteiger partial charge in [-0.3, -0.25) is 0 Å². The van der Waals surface area contributed by atoms with E-state index < -0.39 is 0 Å². The van der Waals surface area contributed by atoms with E-state index in [1.807, 2.05) is 0 Å². The Morgan fingerprint density at radius 2 is 0.878 bits per heavy atom. The minimum Gasteiger partial charge on any atom is -0.333 e. The van der Waals surface area contributed by atoms with Gasteiger partial charge in [-0.1, -0.05) is 134 Å². The molecule has 49 heavy (non-hydrogen) atoms. The van der Waals surface area contributed by atoms with Gasteiger partial charge in [-0.25, -0.2) is 0 Å². The Kier molecular flexibility index (Phi) is 6.25. The lowest BCUT2D eigenvalue weighted by Crippen LogP contribution is -2.32. The summed E-state index contributed by atoms with van der Waals surface area (Å²) < 4.78 is 4.96. The zero-order valence-electron chi connectivity index (χ0n) is 27.3. The molecule has 1 aliphatic carbocycles. The predicted octanol–water partition coefficient (Wildman–Crippen LogP) is 10.7. The summed E-state index contributed by atoms with van der Waals surface area (Å²) in [6, 6.07) is 60.2. The van der Waals surface area contributed by atoms with E-state index in [1.165, 1.54) is 82.0 Å². The fourth-order valence-electron chi connectivity index (χ4n) is 8.21. The van der Waals surface area contributed by atoms with Gasteiger partial charge in [-0.2, -0.15) is 0 Å². The molecule has 0 N–H and O–H groups in total. The maximum Gasteiger partial charge on any atom is 0.0592 e. The molecule has 2 unspecified atom stereocenters. The fraction of sp³-hybridized carbons (Fsp3) is 0.0638. The summed E-state index contributed by atoms with van der Waals surface area (Å²) in [5.41, 5.74) is 11.1. The number of hydrogen-bond donors (Lipinski definition) is 0. The van der Waals surface area contributed by atoms with Crippen LogP contribution in [0.2, 0.25) is 0 Å². The molecule has 2 nitrogen and oxygen atoms in total. The first kappa shape index (κ1) is 27.9. The van der Waals surface area contributed by atoms with Gasteiger partial charge in [0.15, 0.2) is 0 Å². The van der Waals surface area contributed by atoms with Crippen molar-refractivity contribution in [2.45, 2.75) is 13.0 Å². The molecule has 1 aliphatic rings. The van der Waals surface area contributed by atoms with Crippen molar-refractivity contribution in [1.82, 2.24) is 9.13 Å². The quantitative estimate of drug-likeness (QED) is 0.184. The maximum absolute atomic E-state index is 2.56. The van der Waals surface area contributed by atoms with Gasteiger partial charge in [0.2, 0.25) is 0 Å². The first-order valence-corrected chi connectivity index (χ1v) is 17.2. The number of para-hydroxylation sites is 2. The van der Waals surface area contributed by atoms with Gasteiger partial charge in [-0.05, 0) is 87.1 Å². The summed E-state index contributed by atoms with van der Waals surface area (Å²) >= 11 is 0. The first-order valence-electron chi connectivity index (χ1n) is 17.2. The number of nitrogens with zero attached hydrogens (tertiary/aromatic N) is 2. The number of aromatic nitrogens is 2. The third-order valence-corrected chi connectivity index (χ3v) is 10.6. The van der Waals surface area contributed by atoms with Crippen LogP contribution in [0.5, 0.6) is 0 Å². The molecule has 7 aromatic carbocycles. The van der Waals surface area contributed by atoms with E-state index in [-0.39, 0.29) is 6.04 Å². The lowest BCUT2D eigenvalue weighted by molar-refractivity contribution is 0.557. The average Bonchev–Trinajstić information content (AvgIpc) is 3.67. The molecule has 0 radical (unpaired) electrons. The van der Waals surface area contributed by atoms with Crippen LogP contribution in [0.1, 0.15) is 13.0 Å². The summed E-state index contributed by atoms with van der Waals surface area (Å²) in [6.45, 7) is 2.34. The Hall–Kier alpha value is -6.12. The van der Waals surface area contributed by atoms with Crippen molar-refractivity contribution < 1.29 is 0 Å². The molecule has 0 aliphatic heterocycles. The molecule has 2 aromatic heterocycles. The summed E-state index contributed by atoms with van der Waals surface area (Å²) in [5, 5.41) is 7.78. The van der Waals surface area contributed by atoms with E-state index in [4.69, 9.17) is 0 Å². The molecule has 0 saturated heterocycles. The van der Waals surface area contributed by atoms with Crippen LogP contribution in [0.15, 0.2) is 164 Å². The first-order chi connectivity index (χ1) is 24.2. The monoisotopic (exact) mass is 626 g/mol. The third-order valence-electron chi connectivity index (χ3n) is 10.6. The third kappa shape index (κ3) is 4.41. The van der Waals surface area contributed by atoms with E-state index in [0.29, 0.717) is 5.92 Å². The van der Waals surface area contributed by atoms with Crippen LogP contribution in [-0.4, -0.2) is 9.13 Å².